The molecule has 0 aliphatic carbocycles. The minimum Gasteiger partial charge on any atom is -0.338 e. The van der Waals surface area contributed by atoms with Crippen LogP contribution in [0.15, 0.2) is 55.1 Å². The molecule has 1 aliphatic rings. The Labute approximate surface area is 150 Å². The van der Waals surface area contributed by atoms with E-state index in [4.69, 9.17) is 0 Å². The predicted molar refractivity (Wildman–Crippen MR) is 95.0 cm³/mol. The second-order valence-electron chi connectivity index (χ2n) is 6.19. The number of pyridine rings is 1. The number of benzene rings is 1. The Morgan fingerprint density at radius 1 is 1.04 bits per heavy atom. The molecule has 5 nitrogen and oxygen atoms in total. The van der Waals surface area contributed by atoms with Crippen LogP contribution in [0.25, 0.3) is 11.3 Å². The molecule has 0 radical (unpaired) electrons. The van der Waals surface area contributed by atoms with Gasteiger partial charge < -0.3 is 4.90 Å². The van der Waals surface area contributed by atoms with E-state index in [1.54, 1.807) is 36.7 Å². The molecule has 3 heterocycles. The van der Waals surface area contributed by atoms with E-state index in [1.165, 1.54) is 18.5 Å². The molecular formula is C20H17FN4O. The first kappa shape index (κ1) is 16.3. The van der Waals surface area contributed by atoms with Gasteiger partial charge in [0.15, 0.2) is 0 Å². The molecule has 0 atom stereocenters. The van der Waals surface area contributed by atoms with Crippen molar-refractivity contribution in [2.24, 2.45) is 0 Å². The molecule has 3 aromatic rings. The Bertz CT molecular complexity index is 928. The summed E-state index contributed by atoms with van der Waals surface area (Å²) in [6, 6.07) is 9.84. The number of rotatable bonds is 2. The van der Waals surface area contributed by atoms with E-state index in [0.717, 1.165) is 22.5 Å². The van der Waals surface area contributed by atoms with Gasteiger partial charge in [-0.15, -0.1) is 0 Å². The molecule has 0 unspecified atom stereocenters. The van der Waals surface area contributed by atoms with Crippen molar-refractivity contribution in [1.29, 1.82) is 0 Å². The summed E-state index contributed by atoms with van der Waals surface area (Å²) in [6.45, 7) is 1.18. The largest absolute Gasteiger partial charge is 0.338 e. The SMILES string of the molecule is O=C(c1cccnc1)N1CCc2ncnc(-c3ccc(F)cc3)c2CC1. The molecule has 0 N–H and O–H groups in total. The molecule has 1 aromatic carbocycles. The average Bonchev–Trinajstić information content (AvgIpc) is 2.91. The average molecular weight is 348 g/mol. The standard InChI is InChI=1S/C20H17FN4O/c21-16-5-3-14(4-6-16)19-17-7-10-25(11-8-18(17)23-13-24-19)20(26)15-2-1-9-22-12-15/h1-6,9,12-13H,7-8,10-11H2. The maximum Gasteiger partial charge on any atom is 0.255 e. The van der Waals surface area contributed by atoms with Crippen LogP contribution in [-0.2, 0) is 12.8 Å². The first-order valence-electron chi connectivity index (χ1n) is 8.50. The number of aromatic nitrogens is 3. The fraction of sp³-hybridized carbons (Fsp3) is 0.200. The third-order valence-corrected chi connectivity index (χ3v) is 4.60. The van der Waals surface area contributed by atoms with Crippen LogP contribution in [0.3, 0.4) is 0 Å². The summed E-state index contributed by atoms with van der Waals surface area (Å²) < 4.78 is 13.2. The second kappa shape index (κ2) is 7.00. The Morgan fingerprint density at radius 2 is 1.85 bits per heavy atom. The molecule has 6 heteroatoms. The number of amides is 1. The summed E-state index contributed by atoms with van der Waals surface area (Å²) in [5.74, 6) is -0.302. The minimum absolute atomic E-state index is 0.0257. The highest BCUT2D eigenvalue weighted by Crippen LogP contribution is 2.26. The molecule has 0 spiro atoms. The maximum absolute atomic E-state index is 13.2. The highest BCUT2D eigenvalue weighted by molar-refractivity contribution is 5.94. The second-order valence-corrected chi connectivity index (χ2v) is 6.19. The van der Waals surface area contributed by atoms with Gasteiger partial charge in [-0.05, 0) is 42.8 Å². The fourth-order valence-electron chi connectivity index (χ4n) is 3.26. The van der Waals surface area contributed by atoms with Crippen LogP contribution in [0.2, 0.25) is 0 Å². The van der Waals surface area contributed by atoms with Gasteiger partial charge in [0.25, 0.3) is 5.91 Å². The van der Waals surface area contributed by atoms with E-state index in [2.05, 4.69) is 15.0 Å². The summed E-state index contributed by atoms with van der Waals surface area (Å²) in [7, 11) is 0. The van der Waals surface area contributed by atoms with Crippen LogP contribution >= 0.6 is 0 Å². The van der Waals surface area contributed by atoms with Gasteiger partial charge in [-0.2, -0.15) is 0 Å². The van der Waals surface area contributed by atoms with Gasteiger partial charge >= 0.3 is 0 Å². The molecule has 0 saturated carbocycles. The zero-order chi connectivity index (χ0) is 17.9. The molecule has 2 aromatic heterocycles. The topological polar surface area (TPSA) is 59.0 Å². The Kier molecular flexibility index (Phi) is 4.39. The van der Waals surface area contributed by atoms with E-state index in [0.29, 0.717) is 31.5 Å². The van der Waals surface area contributed by atoms with Gasteiger partial charge in [0, 0.05) is 48.7 Å². The van der Waals surface area contributed by atoms with Crippen LogP contribution in [0, 0.1) is 5.82 Å². The van der Waals surface area contributed by atoms with Gasteiger partial charge in [0.05, 0.1) is 11.3 Å². The van der Waals surface area contributed by atoms with Crippen molar-refractivity contribution >= 4 is 5.91 Å². The van der Waals surface area contributed by atoms with E-state index in [9.17, 15) is 9.18 Å². The van der Waals surface area contributed by atoms with Crippen LogP contribution < -0.4 is 0 Å². The van der Waals surface area contributed by atoms with Gasteiger partial charge in [-0.25, -0.2) is 14.4 Å². The van der Waals surface area contributed by atoms with Crippen molar-refractivity contribution in [3.05, 3.63) is 77.8 Å². The third kappa shape index (κ3) is 3.18. The Balaban J connectivity index is 1.61. The quantitative estimate of drug-likeness (QED) is 0.714. The number of halogens is 1. The van der Waals surface area contributed by atoms with Crippen molar-refractivity contribution in [1.82, 2.24) is 19.9 Å². The molecular weight excluding hydrogens is 331 g/mol. The van der Waals surface area contributed by atoms with Gasteiger partial charge in [0.1, 0.15) is 12.1 Å². The lowest BCUT2D eigenvalue weighted by atomic mass is 10.0. The van der Waals surface area contributed by atoms with Crippen molar-refractivity contribution in [2.45, 2.75) is 12.8 Å². The molecule has 0 fully saturated rings. The lowest BCUT2D eigenvalue weighted by Gasteiger charge is -2.20. The van der Waals surface area contributed by atoms with Crippen molar-refractivity contribution < 1.29 is 9.18 Å². The molecule has 26 heavy (non-hydrogen) atoms. The molecule has 4 rings (SSSR count). The first-order chi connectivity index (χ1) is 12.7. The molecule has 1 aliphatic heterocycles. The summed E-state index contributed by atoms with van der Waals surface area (Å²) in [5, 5.41) is 0. The smallest absolute Gasteiger partial charge is 0.255 e. The normalized spacial score (nSPS) is 13.8. The predicted octanol–water partition coefficient (Wildman–Crippen LogP) is 2.92. The van der Waals surface area contributed by atoms with Crippen molar-refractivity contribution in [3.63, 3.8) is 0 Å². The van der Waals surface area contributed by atoms with Crippen molar-refractivity contribution in [2.75, 3.05) is 13.1 Å². The van der Waals surface area contributed by atoms with E-state index in [1.807, 2.05) is 4.90 Å². The number of hydrogen-bond acceptors (Lipinski definition) is 4. The number of carbonyl (C=O) groups excluding carboxylic acids is 1. The van der Waals surface area contributed by atoms with E-state index < -0.39 is 0 Å². The third-order valence-electron chi connectivity index (χ3n) is 4.60. The number of fused-ring (bicyclic) bond motifs is 1. The van der Waals surface area contributed by atoms with Crippen molar-refractivity contribution in [3.8, 4) is 11.3 Å². The molecule has 0 saturated heterocycles. The number of hydrogen-bond donors (Lipinski definition) is 0. The maximum atomic E-state index is 13.2. The van der Waals surface area contributed by atoms with Crippen LogP contribution in [-0.4, -0.2) is 38.8 Å². The Hall–Kier alpha value is -3.15. The van der Waals surface area contributed by atoms with Gasteiger partial charge in [0.2, 0.25) is 0 Å². The van der Waals surface area contributed by atoms with E-state index in [-0.39, 0.29) is 11.7 Å². The zero-order valence-electron chi connectivity index (χ0n) is 14.1. The van der Waals surface area contributed by atoms with E-state index >= 15 is 0 Å². The minimum atomic E-state index is -0.276. The van der Waals surface area contributed by atoms with Crippen LogP contribution in [0.1, 0.15) is 21.6 Å². The molecule has 0 bridgehead atoms. The lowest BCUT2D eigenvalue weighted by Crippen LogP contribution is -2.33. The van der Waals surface area contributed by atoms with Gasteiger partial charge in [-0.3, -0.25) is 9.78 Å². The number of nitrogens with zero attached hydrogens (tertiary/aromatic N) is 4. The number of carbonyl (C=O) groups is 1. The Morgan fingerprint density at radius 3 is 2.62 bits per heavy atom. The highest BCUT2D eigenvalue weighted by atomic mass is 19.1. The lowest BCUT2D eigenvalue weighted by molar-refractivity contribution is 0.0762. The summed E-state index contributed by atoms with van der Waals surface area (Å²) >= 11 is 0. The summed E-state index contributed by atoms with van der Waals surface area (Å²) in [5.41, 5.74) is 4.23. The summed E-state index contributed by atoms with van der Waals surface area (Å²) in [4.78, 5) is 27.4. The van der Waals surface area contributed by atoms with Crippen LogP contribution in [0.5, 0.6) is 0 Å². The molecule has 130 valence electrons. The van der Waals surface area contributed by atoms with Gasteiger partial charge in [-0.1, -0.05) is 0 Å². The summed E-state index contributed by atoms with van der Waals surface area (Å²) in [6.07, 6.45) is 6.10. The first-order valence-corrected chi connectivity index (χ1v) is 8.50. The molecule has 1 amide bonds. The van der Waals surface area contributed by atoms with Crippen LogP contribution in [0.4, 0.5) is 4.39 Å². The monoisotopic (exact) mass is 348 g/mol. The fourth-order valence-corrected chi connectivity index (χ4v) is 3.26. The highest BCUT2D eigenvalue weighted by Gasteiger charge is 2.23. The zero-order valence-corrected chi connectivity index (χ0v) is 14.1.